The van der Waals surface area contributed by atoms with Crippen LogP contribution in [0, 0.1) is 0 Å². The molecular formula is C13H29N3O. The third-order valence-electron chi connectivity index (χ3n) is 3.37. The van der Waals surface area contributed by atoms with E-state index in [0.717, 1.165) is 26.2 Å². The molecule has 0 aromatic rings. The third kappa shape index (κ3) is 5.34. The largest absolute Gasteiger partial charge is 0.394 e. The highest BCUT2D eigenvalue weighted by molar-refractivity contribution is 4.88. The summed E-state index contributed by atoms with van der Waals surface area (Å²) in [6.45, 7) is 12.0. The molecule has 4 heteroatoms. The SMILES string of the molecule is CC(C)NC(C)(CO)CN1CCCN(C)CC1. The van der Waals surface area contributed by atoms with Crippen LogP contribution in [0.25, 0.3) is 0 Å². The van der Waals surface area contributed by atoms with Gasteiger partial charge >= 0.3 is 0 Å². The highest BCUT2D eigenvalue weighted by Gasteiger charge is 2.27. The predicted octanol–water partition coefficient (Wildman–Crippen LogP) is 0.373. The molecule has 0 aromatic heterocycles. The Bertz CT molecular complexity index is 223. The lowest BCUT2D eigenvalue weighted by Gasteiger charge is -2.36. The fourth-order valence-corrected chi connectivity index (χ4v) is 2.59. The van der Waals surface area contributed by atoms with Gasteiger partial charge < -0.3 is 20.2 Å². The van der Waals surface area contributed by atoms with Gasteiger partial charge in [-0.15, -0.1) is 0 Å². The number of nitrogens with one attached hydrogen (secondary N) is 1. The zero-order chi connectivity index (χ0) is 12.9. The van der Waals surface area contributed by atoms with Crippen molar-refractivity contribution in [2.75, 3.05) is 46.4 Å². The third-order valence-corrected chi connectivity index (χ3v) is 3.37. The van der Waals surface area contributed by atoms with Crippen LogP contribution in [0.2, 0.25) is 0 Å². The number of hydrogen-bond acceptors (Lipinski definition) is 4. The zero-order valence-corrected chi connectivity index (χ0v) is 11.9. The molecule has 1 heterocycles. The van der Waals surface area contributed by atoms with Crippen molar-refractivity contribution >= 4 is 0 Å². The molecule has 0 aromatic carbocycles. The van der Waals surface area contributed by atoms with Gasteiger partial charge in [-0.2, -0.15) is 0 Å². The molecule has 0 bridgehead atoms. The van der Waals surface area contributed by atoms with Crippen molar-refractivity contribution < 1.29 is 5.11 Å². The molecule has 1 aliphatic heterocycles. The average molecular weight is 243 g/mol. The van der Waals surface area contributed by atoms with Gasteiger partial charge in [-0.05, 0) is 33.5 Å². The number of hydrogen-bond donors (Lipinski definition) is 2. The number of aliphatic hydroxyl groups excluding tert-OH is 1. The van der Waals surface area contributed by atoms with Gasteiger partial charge in [0.2, 0.25) is 0 Å². The van der Waals surface area contributed by atoms with Gasteiger partial charge in [0.15, 0.2) is 0 Å². The van der Waals surface area contributed by atoms with Gasteiger partial charge in [0.25, 0.3) is 0 Å². The van der Waals surface area contributed by atoms with Crippen molar-refractivity contribution in [1.29, 1.82) is 0 Å². The number of aliphatic hydroxyl groups is 1. The van der Waals surface area contributed by atoms with Crippen LogP contribution < -0.4 is 5.32 Å². The molecule has 0 saturated carbocycles. The van der Waals surface area contributed by atoms with Gasteiger partial charge in [-0.3, -0.25) is 0 Å². The van der Waals surface area contributed by atoms with E-state index in [-0.39, 0.29) is 12.1 Å². The summed E-state index contributed by atoms with van der Waals surface area (Å²) in [6.07, 6.45) is 1.22. The molecule has 1 aliphatic rings. The Morgan fingerprint density at radius 1 is 1.24 bits per heavy atom. The minimum atomic E-state index is -0.183. The standard InChI is InChI=1S/C13H29N3O/c1-12(2)14-13(3,11-17)10-16-7-5-6-15(4)8-9-16/h12,14,17H,5-11H2,1-4H3. The molecule has 17 heavy (non-hydrogen) atoms. The molecule has 4 nitrogen and oxygen atoms in total. The fraction of sp³-hybridized carbons (Fsp3) is 1.00. The maximum Gasteiger partial charge on any atom is 0.0623 e. The molecule has 1 saturated heterocycles. The minimum absolute atomic E-state index is 0.183. The van der Waals surface area contributed by atoms with Gasteiger partial charge in [0.05, 0.1) is 12.1 Å². The van der Waals surface area contributed by atoms with E-state index in [9.17, 15) is 5.11 Å². The summed E-state index contributed by atoms with van der Waals surface area (Å²) in [5, 5.41) is 13.1. The lowest BCUT2D eigenvalue weighted by molar-refractivity contribution is 0.115. The topological polar surface area (TPSA) is 38.7 Å². The molecule has 0 radical (unpaired) electrons. The normalized spacial score (nSPS) is 23.6. The van der Waals surface area contributed by atoms with E-state index in [0.29, 0.717) is 6.04 Å². The summed E-state index contributed by atoms with van der Waals surface area (Å²) >= 11 is 0. The van der Waals surface area contributed by atoms with Crippen molar-refractivity contribution in [2.24, 2.45) is 0 Å². The summed E-state index contributed by atoms with van der Waals surface area (Å²) in [7, 11) is 2.18. The summed E-state index contributed by atoms with van der Waals surface area (Å²) in [5.41, 5.74) is -0.183. The highest BCUT2D eigenvalue weighted by Crippen LogP contribution is 2.10. The van der Waals surface area contributed by atoms with Crippen LogP contribution in [0.4, 0.5) is 0 Å². The maximum absolute atomic E-state index is 9.59. The van der Waals surface area contributed by atoms with E-state index in [4.69, 9.17) is 0 Å². The fourth-order valence-electron chi connectivity index (χ4n) is 2.59. The van der Waals surface area contributed by atoms with Crippen LogP contribution in [-0.2, 0) is 0 Å². The Morgan fingerprint density at radius 2 is 1.94 bits per heavy atom. The van der Waals surface area contributed by atoms with Crippen LogP contribution in [0.1, 0.15) is 27.2 Å². The highest BCUT2D eigenvalue weighted by atomic mass is 16.3. The van der Waals surface area contributed by atoms with Crippen LogP contribution >= 0.6 is 0 Å². The van der Waals surface area contributed by atoms with E-state index in [2.05, 4.69) is 42.9 Å². The molecule has 102 valence electrons. The second-order valence-corrected chi connectivity index (χ2v) is 5.95. The van der Waals surface area contributed by atoms with Gasteiger partial charge in [0.1, 0.15) is 0 Å². The number of nitrogens with zero attached hydrogens (tertiary/aromatic N) is 2. The summed E-state index contributed by atoms with van der Waals surface area (Å²) in [4.78, 5) is 4.85. The van der Waals surface area contributed by atoms with Crippen molar-refractivity contribution in [1.82, 2.24) is 15.1 Å². The second kappa shape index (κ2) is 6.69. The monoisotopic (exact) mass is 243 g/mol. The summed E-state index contributed by atoms with van der Waals surface area (Å²) in [6, 6.07) is 0.404. The smallest absolute Gasteiger partial charge is 0.0623 e. The first-order valence-corrected chi connectivity index (χ1v) is 6.75. The Morgan fingerprint density at radius 3 is 2.53 bits per heavy atom. The number of rotatable bonds is 5. The first-order chi connectivity index (χ1) is 7.95. The quantitative estimate of drug-likeness (QED) is 0.732. The van der Waals surface area contributed by atoms with E-state index in [1.807, 2.05) is 0 Å². The van der Waals surface area contributed by atoms with Gasteiger partial charge in [-0.1, -0.05) is 13.8 Å². The summed E-state index contributed by atoms with van der Waals surface area (Å²) in [5.74, 6) is 0. The molecule has 0 amide bonds. The Hall–Kier alpha value is -0.160. The Kier molecular flexibility index (Phi) is 5.86. The molecule has 1 rings (SSSR count). The lowest BCUT2D eigenvalue weighted by Crippen LogP contribution is -2.56. The molecule has 1 atom stereocenters. The van der Waals surface area contributed by atoms with E-state index in [1.165, 1.54) is 13.0 Å². The minimum Gasteiger partial charge on any atom is -0.394 e. The summed E-state index contributed by atoms with van der Waals surface area (Å²) < 4.78 is 0. The molecule has 0 aliphatic carbocycles. The van der Waals surface area contributed by atoms with Crippen LogP contribution in [0.5, 0.6) is 0 Å². The molecule has 0 spiro atoms. The van der Waals surface area contributed by atoms with Crippen molar-refractivity contribution in [3.63, 3.8) is 0 Å². The second-order valence-electron chi connectivity index (χ2n) is 5.95. The molecule has 1 unspecified atom stereocenters. The van der Waals surface area contributed by atoms with Crippen LogP contribution in [0.15, 0.2) is 0 Å². The molecule has 1 fully saturated rings. The average Bonchev–Trinajstić information content (AvgIpc) is 2.43. The van der Waals surface area contributed by atoms with Crippen molar-refractivity contribution in [3.05, 3.63) is 0 Å². The molecular weight excluding hydrogens is 214 g/mol. The van der Waals surface area contributed by atoms with E-state index >= 15 is 0 Å². The van der Waals surface area contributed by atoms with Crippen LogP contribution in [0.3, 0.4) is 0 Å². The van der Waals surface area contributed by atoms with Crippen molar-refractivity contribution in [3.8, 4) is 0 Å². The maximum atomic E-state index is 9.59. The molecule has 2 N–H and O–H groups in total. The first-order valence-electron chi connectivity index (χ1n) is 6.75. The van der Waals surface area contributed by atoms with Crippen molar-refractivity contribution in [2.45, 2.75) is 38.8 Å². The van der Waals surface area contributed by atoms with E-state index < -0.39 is 0 Å². The lowest BCUT2D eigenvalue weighted by atomic mass is 10.0. The van der Waals surface area contributed by atoms with Crippen LogP contribution in [-0.4, -0.2) is 72.9 Å². The van der Waals surface area contributed by atoms with Gasteiger partial charge in [0, 0.05) is 25.7 Å². The number of likely N-dealkylation sites (N-methyl/N-ethyl adjacent to an activating group) is 1. The first kappa shape index (κ1) is 14.9. The zero-order valence-electron chi connectivity index (χ0n) is 11.9. The van der Waals surface area contributed by atoms with Gasteiger partial charge in [-0.25, -0.2) is 0 Å². The predicted molar refractivity (Wildman–Crippen MR) is 72.3 cm³/mol. The van der Waals surface area contributed by atoms with E-state index in [1.54, 1.807) is 0 Å². The Labute approximate surface area is 106 Å². The Balaban J connectivity index is 2.49.